The quantitative estimate of drug-likeness (QED) is 0.702. The third kappa shape index (κ3) is 5.98. The molecule has 144 valence electrons. The lowest BCUT2D eigenvalue weighted by Gasteiger charge is -2.30. The second kappa shape index (κ2) is 10.3. The van der Waals surface area contributed by atoms with Gasteiger partial charge >= 0.3 is 0 Å². The first kappa shape index (κ1) is 21.3. The van der Waals surface area contributed by atoms with Gasteiger partial charge in [0.1, 0.15) is 6.04 Å². The van der Waals surface area contributed by atoms with Crippen molar-refractivity contribution >= 4 is 35.0 Å². The first-order chi connectivity index (χ1) is 13.0. The topological polar surface area (TPSA) is 49.4 Å². The summed E-state index contributed by atoms with van der Waals surface area (Å²) < 4.78 is 0. The molecule has 1 unspecified atom stereocenters. The van der Waals surface area contributed by atoms with Gasteiger partial charge in [-0.25, -0.2) is 0 Å². The van der Waals surface area contributed by atoms with Gasteiger partial charge in [0.15, 0.2) is 0 Å². The minimum absolute atomic E-state index is 0.0691. The standard InChI is InChI=1S/C21H24Cl2N2O2/c1-3-19(21(27)24-2)25(14-16-9-11-17(22)18(23)13-16)20(26)12-10-15-7-5-4-6-8-15/h4-9,11,13,19H,3,10,12,14H2,1-2H3,(H,24,27). The number of benzene rings is 2. The van der Waals surface area contributed by atoms with Gasteiger partial charge in [0.25, 0.3) is 0 Å². The van der Waals surface area contributed by atoms with Crippen LogP contribution in [0.1, 0.15) is 30.9 Å². The van der Waals surface area contributed by atoms with Crippen LogP contribution in [0.3, 0.4) is 0 Å². The Morgan fingerprint density at radius 2 is 1.74 bits per heavy atom. The molecular formula is C21H24Cl2N2O2. The van der Waals surface area contributed by atoms with Crippen molar-refractivity contribution < 1.29 is 9.59 Å². The SMILES string of the molecule is CCC(C(=O)NC)N(Cc1ccc(Cl)c(Cl)c1)C(=O)CCc1ccccc1. The second-order valence-corrected chi connectivity index (χ2v) is 7.11. The van der Waals surface area contributed by atoms with Crippen molar-refractivity contribution in [1.29, 1.82) is 0 Å². The molecule has 6 heteroatoms. The smallest absolute Gasteiger partial charge is 0.242 e. The van der Waals surface area contributed by atoms with Gasteiger partial charge in [0, 0.05) is 20.0 Å². The molecule has 0 saturated carbocycles. The molecule has 0 aromatic heterocycles. The Hall–Kier alpha value is -2.04. The summed E-state index contributed by atoms with van der Waals surface area (Å²) in [7, 11) is 1.58. The van der Waals surface area contributed by atoms with E-state index >= 15 is 0 Å². The lowest BCUT2D eigenvalue weighted by atomic mass is 10.1. The zero-order valence-corrected chi connectivity index (χ0v) is 17.1. The van der Waals surface area contributed by atoms with Crippen LogP contribution in [0.4, 0.5) is 0 Å². The molecule has 27 heavy (non-hydrogen) atoms. The molecule has 0 bridgehead atoms. The number of nitrogens with zero attached hydrogens (tertiary/aromatic N) is 1. The number of halogens is 2. The monoisotopic (exact) mass is 406 g/mol. The van der Waals surface area contributed by atoms with Gasteiger partial charge in [-0.1, -0.05) is 66.5 Å². The van der Waals surface area contributed by atoms with E-state index < -0.39 is 6.04 Å². The van der Waals surface area contributed by atoms with E-state index in [-0.39, 0.29) is 11.8 Å². The average Bonchev–Trinajstić information content (AvgIpc) is 2.69. The van der Waals surface area contributed by atoms with E-state index in [4.69, 9.17) is 23.2 Å². The fourth-order valence-corrected chi connectivity index (χ4v) is 3.28. The molecule has 2 amide bonds. The number of amides is 2. The van der Waals surface area contributed by atoms with E-state index in [2.05, 4.69) is 5.32 Å². The summed E-state index contributed by atoms with van der Waals surface area (Å²) >= 11 is 12.1. The van der Waals surface area contributed by atoms with Gasteiger partial charge in [-0.05, 0) is 36.1 Å². The Labute approximate surface area is 170 Å². The molecule has 0 spiro atoms. The predicted octanol–water partition coefficient (Wildman–Crippen LogP) is 4.48. The highest BCUT2D eigenvalue weighted by atomic mass is 35.5. The van der Waals surface area contributed by atoms with Gasteiger partial charge in [-0.2, -0.15) is 0 Å². The summed E-state index contributed by atoms with van der Waals surface area (Å²) in [5, 5.41) is 3.54. The molecule has 0 saturated heterocycles. The molecule has 0 radical (unpaired) electrons. The molecule has 1 atom stereocenters. The van der Waals surface area contributed by atoms with Crippen LogP contribution in [0.2, 0.25) is 10.0 Å². The Balaban J connectivity index is 2.20. The van der Waals surface area contributed by atoms with Crippen LogP contribution < -0.4 is 5.32 Å². The molecule has 0 aliphatic heterocycles. The molecule has 0 heterocycles. The lowest BCUT2D eigenvalue weighted by molar-refractivity contribution is -0.141. The molecule has 2 rings (SSSR count). The third-order valence-electron chi connectivity index (χ3n) is 4.44. The van der Waals surface area contributed by atoms with Crippen LogP contribution in [-0.4, -0.2) is 29.8 Å². The largest absolute Gasteiger partial charge is 0.357 e. The number of rotatable bonds is 8. The minimum atomic E-state index is -0.535. The molecule has 4 nitrogen and oxygen atoms in total. The van der Waals surface area contributed by atoms with E-state index in [1.54, 1.807) is 24.1 Å². The van der Waals surface area contributed by atoms with E-state index in [0.717, 1.165) is 11.1 Å². The normalized spacial score (nSPS) is 11.7. The summed E-state index contributed by atoms with van der Waals surface area (Å²) in [4.78, 5) is 26.9. The molecular weight excluding hydrogens is 383 g/mol. The number of carbonyl (C=O) groups excluding carboxylic acids is 2. The zero-order chi connectivity index (χ0) is 19.8. The Morgan fingerprint density at radius 3 is 2.33 bits per heavy atom. The van der Waals surface area contributed by atoms with Crippen LogP contribution >= 0.6 is 23.2 Å². The van der Waals surface area contributed by atoms with E-state index in [0.29, 0.717) is 35.9 Å². The maximum absolute atomic E-state index is 13.0. The second-order valence-electron chi connectivity index (χ2n) is 6.29. The highest BCUT2D eigenvalue weighted by Crippen LogP contribution is 2.24. The average molecular weight is 407 g/mol. The summed E-state index contributed by atoms with van der Waals surface area (Å²) in [5.74, 6) is -0.244. The van der Waals surface area contributed by atoms with Gasteiger partial charge in [-0.3, -0.25) is 9.59 Å². The Bertz CT molecular complexity index is 781. The van der Waals surface area contributed by atoms with Crippen molar-refractivity contribution in [2.75, 3.05) is 7.05 Å². The van der Waals surface area contributed by atoms with Crippen LogP contribution in [0.15, 0.2) is 48.5 Å². The van der Waals surface area contributed by atoms with Crippen molar-refractivity contribution in [2.45, 2.75) is 38.8 Å². The van der Waals surface area contributed by atoms with Gasteiger partial charge in [0.05, 0.1) is 10.0 Å². The molecule has 2 aromatic carbocycles. The first-order valence-electron chi connectivity index (χ1n) is 8.95. The fourth-order valence-electron chi connectivity index (χ4n) is 2.96. The fraction of sp³-hybridized carbons (Fsp3) is 0.333. The molecule has 0 fully saturated rings. The van der Waals surface area contributed by atoms with Crippen molar-refractivity contribution in [3.05, 3.63) is 69.7 Å². The Kier molecular flexibility index (Phi) is 8.14. The number of hydrogen-bond donors (Lipinski definition) is 1. The van der Waals surface area contributed by atoms with E-state index in [1.807, 2.05) is 43.3 Å². The van der Waals surface area contributed by atoms with Gasteiger partial charge < -0.3 is 10.2 Å². The first-order valence-corrected chi connectivity index (χ1v) is 9.70. The predicted molar refractivity (Wildman–Crippen MR) is 110 cm³/mol. The van der Waals surface area contributed by atoms with Gasteiger partial charge in [-0.15, -0.1) is 0 Å². The number of carbonyl (C=O) groups is 2. The highest BCUT2D eigenvalue weighted by Gasteiger charge is 2.27. The maximum atomic E-state index is 13.0. The zero-order valence-electron chi connectivity index (χ0n) is 15.5. The number of nitrogens with one attached hydrogen (secondary N) is 1. The van der Waals surface area contributed by atoms with Crippen LogP contribution in [-0.2, 0) is 22.6 Å². The van der Waals surface area contributed by atoms with Crippen molar-refractivity contribution in [2.24, 2.45) is 0 Å². The third-order valence-corrected chi connectivity index (χ3v) is 5.18. The van der Waals surface area contributed by atoms with Crippen molar-refractivity contribution in [3.8, 4) is 0 Å². The maximum Gasteiger partial charge on any atom is 0.242 e. The van der Waals surface area contributed by atoms with Crippen LogP contribution in [0.25, 0.3) is 0 Å². The van der Waals surface area contributed by atoms with Gasteiger partial charge in [0.2, 0.25) is 11.8 Å². The summed E-state index contributed by atoms with van der Waals surface area (Å²) in [6, 6.07) is 14.6. The molecule has 0 aliphatic carbocycles. The Morgan fingerprint density at radius 1 is 1.04 bits per heavy atom. The number of aryl methyl sites for hydroxylation is 1. The van der Waals surface area contributed by atoms with Crippen molar-refractivity contribution in [3.63, 3.8) is 0 Å². The summed E-state index contributed by atoms with van der Waals surface area (Å²) in [6.07, 6.45) is 1.48. The highest BCUT2D eigenvalue weighted by molar-refractivity contribution is 6.42. The lowest BCUT2D eigenvalue weighted by Crippen LogP contribution is -2.48. The summed E-state index contributed by atoms with van der Waals surface area (Å²) in [6.45, 7) is 2.20. The molecule has 0 aliphatic rings. The summed E-state index contributed by atoms with van der Waals surface area (Å²) in [5.41, 5.74) is 1.92. The van der Waals surface area contributed by atoms with E-state index in [9.17, 15) is 9.59 Å². The molecule has 1 N–H and O–H groups in total. The molecule has 2 aromatic rings. The van der Waals surface area contributed by atoms with E-state index in [1.165, 1.54) is 0 Å². The minimum Gasteiger partial charge on any atom is -0.357 e. The van der Waals surface area contributed by atoms with Crippen LogP contribution in [0.5, 0.6) is 0 Å². The van der Waals surface area contributed by atoms with Crippen LogP contribution in [0, 0.1) is 0 Å². The van der Waals surface area contributed by atoms with Crippen molar-refractivity contribution in [1.82, 2.24) is 10.2 Å². The number of likely N-dealkylation sites (N-methyl/N-ethyl adjacent to an activating group) is 1. The number of hydrogen-bond acceptors (Lipinski definition) is 2.